The molecule has 0 unspecified atom stereocenters. The van der Waals surface area contributed by atoms with E-state index >= 15 is 0 Å². The van der Waals surface area contributed by atoms with Crippen LogP contribution in [0.5, 0.6) is 5.88 Å². The summed E-state index contributed by atoms with van der Waals surface area (Å²) >= 11 is 0. The number of amides is 1. The van der Waals surface area contributed by atoms with Crippen LogP contribution in [0.4, 0.5) is 11.6 Å². The summed E-state index contributed by atoms with van der Waals surface area (Å²) in [5.74, 6) is 0.670. The molecular formula is C6H8N4O2. The van der Waals surface area contributed by atoms with Gasteiger partial charge in [-0.2, -0.15) is 0 Å². The Hall–Kier alpha value is -1.85. The first-order valence-electron chi connectivity index (χ1n) is 3.14. The van der Waals surface area contributed by atoms with Crippen LogP contribution in [0, 0.1) is 0 Å². The minimum Gasteiger partial charge on any atom is -0.478 e. The van der Waals surface area contributed by atoms with Crippen molar-refractivity contribution in [3.63, 3.8) is 0 Å². The van der Waals surface area contributed by atoms with Gasteiger partial charge in [-0.1, -0.05) is 0 Å². The third kappa shape index (κ3) is 1.60. The maximum atomic E-state index is 10.1. The number of carbonyl (C=O) groups is 1. The van der Waals surface area contributed by atoms with Crippen LogP contribution in [0.3, 0.4) is 0 Å². The van der Waals surface area contributed by atoms with Gasteiger partial charge in [0, 0.05) is 0 Å². The van der Waals surface area contributed by atoms with Crippen LogP contribution in [0.25, 0.3) is 0 Å². The van der Waals surface area contributed by atoms with Crippen LogP contribution < -0.4 is 15.8 Å². The number of carbonyl (C=O) groups excluding carboxylic acids is 1. The lowest BCUT2D eigenvalue weighted by Crippen LogP contribution is -2.04. The zero-order valence-electron chi connectivity index (χ0n) is 6.44. The normalized spacial score (nSPS) is 9.08. The number of aromatic nitrogens is 2. The van der Waals surface area contributed by atoms with Gasteiger partial charge in [0.15, 0.2) is 5.82 Å². The molecule has 0 spiro atoms. The molecule has 12 heavy (non-hydrogen) atoms. The quantitative estimate of drug-likeness (QED) is 0.601. The smallest absolute Gasteiger partial charge is 0.257 e. The Morgan fingerprint density at radius 2 is 2.50 bits per heavy atom. The summed E-state index contributed by atoms with van der Waals surface area (Å²) < 4.78 is 4.80. The molecule has 0 aliphatic rings. The van der Waals surface area contributed by atoms with E-state index in [9.17, 15) is 4.79 Å². The summed E-state index contributed by atoms with van der Waals surface area (Å²) in [4.78, 5) is 17.6. The zero-order valence-corrected chi connectivity index (χ0v) is 6.44. The molecule has 1 heterocycles. The van der Waals surface area contributed by atoms with Crippen LogP contribution >= 0.6 is 0 Å². The number of nitrogens with two attached hydrogens (primary N) is 1. The number of rotatable bonds is 3. The molecule has 0 radical (unpaired) electrons. The largest absolute Gasteiger partial charge is 0.478 e. The van der Waals surface area contributed by atoms with Gasteiger partial charge in [0.1, 0.15) is 5.82 Å². The number of anilines is 2. The van der Waals surface area contributed by atoms with Gasteiger partial charge < -0.3 is 15.8 Å². The fourth-order valence-electron chi connectivity index (χ4n) is 0.691. The van der Waals surface area contributed by atoms with Crippen molar-refractivity contribution in [2.45, 2.75) is 0 Å². The highest BCUT2D eigenvalue weighted by atomic mass is 16.5. The molecular weight excluding hydrogens is 160 g/mol. The number of nitrogens with one attached hydrogen (secondary N) is 1. The van der Waals surface area contributed by atoms with Crippen molar-refractivity contribution in [2.75, 3.05) is 18.2 Å². The molecule has 0 saturated carbocycles. The Balaban J connectivity index is 3.03. The molecule has 1 aromatic rings. The SMILES string of the molecule is COc1ncc(N)nc1NC=O. The Morgan fingerprint density at radius 3 is 3.08 bits per heavy atom. The molecule has 1 aromatic heterocycles. The van der Waals surface area contributed by atoms with Gasteiger partial charge in [-0.15, -0.1) is 0 Å². The molecule has 3 N–H and O–H groups in total. The van der Waals surface area contributed by atoms with Crippen molar-refractivity contribution in [2.24, 2.45) is 0 Å². The van der Waals surface area contributed by atoms with Gasteiger partial charge in [-0.3, -0.25) is 4.79 Å². The number of methoxy groups -OCH3 is 1. The molecule has 0 aromatic carbocycles. The second-order valence-electron chi connectivity index (χ2n) is 1.91. The number of ether oxygens (including phenoxy) is 1. The van der Waals surface area contributed by atoms with Gasteiger partial charge >= 0.3 is 0 Å². The summed E-state index contributed by atoms with van der Waals surface area (Å²) in [6, 6.07) is 0. The molecule has 6 nitrogen and oxygen atoms in total. The number of hydrogen-bond donors (Lipinski definition) is 2. The van der Waals surface area contributed by atoms with Crippen molar-refractivity contribution in [3.8, 4) is 5.88 Å². The highest BCUT2D eigenvalue weighted by molar-refractivity contribution is 5.72. The van der Waals surface area contributed by atoms with E-state index in [0.717, 1.165) is 0 Å². The predicted molar refractivity (Wildman–Crippen MR) is 42.7 cm³/mol. The monoisotopic (exact) mass is 168 g/mol. The third-order valence-electron chi connectivity index (χ3n) is 1.15. The van der Waals surface area contributed by atoms with Gasteiger partial charge in [0.05, 0.1) is 13.3 Å². The van der Waals surface area contributed by atoms with E-state index in [4.69, 9.17) is 10.5 Å². The first-order valence-corrected chi connectivity index (χ1v) is 3.14. The van der Waals surface area contributed by atoms with E-state index in [1.807, 2.05) is 0 Å². The van der Waals surface area contributed by atoms with Crippen LogP contribution in [-0.4, -0.2) is 23.5 Å². The van der Waals surface area contributed by atoms with Crippen LogP contribution in [0.2, 0.25) is 0 Å². The minimum absolute atomic E-state index is 0.215. The second kappa shape index (κ2) is 3.51. The fraction of sp³-hybridized carbons (Fsp3) is 0.167. The Labute approximate surface area is 68.8 Å². The van der Waals surface area contributed by atoms with Crippen LogP contribution in [0.1, 0.15) is 0 Å². The maximum absolute atomic E-state index is 10.1. The Bertz CT molecular complexity index is 289. The van der Waals surface area contributed by atoms with Crippen molar-refractivity contribution in [1.29, 1.82) is 0 Å². The van der Waals surface area contributed by atoms with Crippen LogP contribution in [0.15, 0.2) is 6.20 Å². The predicted octanol–water partition coefficient (Wildman–Crippen LogP) is -0.364. The maximum Gasteiger partial charge on any atom is 0.257 e. The molecule has 6 heteroatoms. The van der Waals surface area contributed by atoms with Crippen LogP contribution in [-0.2, 0) is 4.79 Å². The Kier molecular flexibility index (Phi) is 2.42. The number of nitrogens with zero attached hydrogens (tertiary/aromatic N) is 2. The van der Waals surface area contributed by atoms with E-state index in [0.29, 0.717) is 6.41 Å². The standard InChI is InChI=1S/C6H8N4O2/c1-12-6-5(9-3-11)10-4(7)2-8-6/h2-3H,1H3,(H3,7,9,10,11). The van der Waals surface area contributed by atoms with Gasteiger partial charge in [0.2, 0.25) is 6.41 Å². The molecule has 1 amide bonds. The molecule has 0 saturated heterocycles. The van der Waals surface area contributed by atoms with E-state index < -0.39 is 0 Å². The van der Waals surface area contributed by atoms with E-state index in [1.165, 1.54) is 13.3 Å². The van der Waals surface area contributed by atoms with E-state index in [-0.39, 0.29) is 17.5 Å². The minimum atomic E-state index is 0.215. The van der Waals surface area contributed by atoms with E-state index in [2.05, 4.69) is 15.3 Å². The lowest BCUT2D eigenvalue weighted by atomic mass is 10.6. The number of hydrogen-bond acceptors (Lipinski definition) is 5. The summed E-state index contributed by atoms with van der Waals surface area (Å²) in [7, 11) is 1.43. The lowest BCUT2D eigenvalue weighted by Gasteiger charge is -2.04. The van der Waals surface area contributed by atoms with Crippen molar-refractivity contribution in [1.82, 2.24) is 9.97 Å². The summed E-state index contributed by atoms with van der Waals surface area (Å²) in [5.41, 5.74) is 5.33. The van der Waals surface area contributed by atoms with Gasteiger partial charge in [-0.05, 0) is 0 Å². The number of nitrogen functional groups attached to an aromatic ring is 1. The molecule has 0 fully saturated rings. The second-order valence-corrected chi connectivity index (χ2v) is 1.91. The topological polar surface area (TPSA) is 90.1 Å². The highest BCUT2D eigenvalue weighted by Gasteiger charge is 2.04. The van der Waals surface area contributed by atoms with Crippen molar-refractivity contribution >= 4 is 18.0 Å². The summed E-state index contributed by atoms with van der Waals surface area (Å²) in [6.45, 7) is 0. The zero-order chi connectivity index (χ0) is 8.97. The summed E-state index contributed by atoms with van der Waals surface area (Å²) in [6.07, 6.45) is 1.82. The third-order valence-corrected chi connectivity index (χ3v) is 1.15. The molecule has 1 rings (SSSR count). The first kappa shape index (κ1) is 8.25. The average Bonchev–Trinajstić information content (AvgIpc) is 2.05. The summed E-state index contributed by atoms with van der Waals surface area (Å²) in [5, 5.41) is 2.31. The molecule has 64 valence electrons. The molecule has 0 atom stereocenters. The molecule has 0 bridgehead atoms. The fourth-order valence-corrected chi connectivity index (χ4v) is 0.691. The van der Waals surface area contributed by atoms with Crippen molar-refractivity contribution < 1.29 is 9.53 Å². The lowest BCUT2D eigenvalue weighted by molar-refractivity contribution is -0.105. The van der Waals surface area contributed by atoms with E-state index in [1.54, 1.807) is 0 Å². The first-order chi connectivity index (χ1) is 5.77. The molecule has 0 aliphatic carbocycles. The van der Waals surface area contributed by atoms with Crippen molar-refractivity contribution in [3.05, 3.63) is 6.20 Å². The highest BCUT2D eigenvalue weighted by Crippen LogP contribution is 2.17. The van der Waals surface area contributed by atoms with Gasteiger partial charge in [-0.25, -0.2) is 9.97 Å². The Morgan fingerprint density at radius 1 is 1.75 bits per heavy atom. The average molecular weight is 168 g/mol. The molecule has 0 aliphatic heterocycles. The van der Waals surface area contributed by atoms with Gasteiger partial charge in [0.25, 0.3) is 5.88 Å².